The predicted octanol–water partition coefficient (Wildman–Crippen LogP) is 3.79. The number of nitrogen functional groups attached to an aromatic ring is 1. The topological polar surface area (TPSA) is 46.3 Å². The van der Waals surface area contributed by atoms with E-state index in [0.29, 0.717) is 17.2 Å². The summed E-state index contributed by atoms with van der Waals surface area (Å²) in [4.78, 5) is 15.9. The fourth-order valence-electron chi connectivity index (χ4n) is 4.43. The molecule has 120 valence electrons. The summed E-state index contributed by atoms with van der Waals surface area (Å²) in [7, 11) is 0. The number of hydrogen-bond acceptors (Lipinski definition) is 3. The zero-order valence-electron chi connectivity index (χ0n) is 13.8. The lowest BCUT2D eigenvalue weighted by atomic mass is 9.81. The minimum absolute atomic E-state index is 0.239. The van der Waals surface area contributed by atoms with Crippen LogP contribution in [0.15, 0.2) is 29.2 Å². The molecule has 1 aliphatic carbocycles. The van der Waals surface area contributed by atoms with Gasteiger partial charge < -0.3 is 10.6 Å². The Labute approximate surface area is 137 Å². The first-order valence-electron chi connectivity index (χ1n) is 8.07. The molecule has 2 fully saturated rings. The van der Waals surface area contributed by atoms with E-state index in [1.165, 1.54) is 6.42 Å². The van der Waals surface area contributed by atoms with Crippen LogP contribution in [0.25, 0.3) is 0 Å². The van der Waals surface area contributed by atoms with E-state index in [1.54, 1.807) is 11.8 Å². The molecular formula is C18H26N2OS. The summed E-state index contributed by atoms with van der Waals surface area (Å²) in [6.07, 6.45) is 3.53. The molecule has 0 spiro atoms. The van der Waals surface area contributed by atoms with Crippen LogP contribution in [0.5, 0.6) is 0 Å². The van der Waals surface area contributed by atoms with Gasteiger partial charge in [0.15, 0.2) is 0 Å². The number of benzene rings is 1. The van der Waals surface area contributed by atoms with Gasteiger partial charge in [-0.2, -0.15) is 0 Å². The Hall–Kier alpha value is -1.16. The fourth-order valence-corrected chi connectivity index (χ4v) is 5.28. The minimum atomic E-state index is 0.239. The van der Waals surface area contributed by atoms with E-state index in [4.69, 9.17) is 5.73 Å². The van der Waals surface area contributed by atoms with E-state index in [9.17, 15) is 4.79 Å². The van der Waals surface area contributed by atoms with E-state index in [0.717, 1.165) is 30.0 Å². The number of amides is 1. The molecule has 1 saturated carbocycles. The van der Waals surface area contributed by atoms with Crippen LogP contribution in [0, 0.1) is 10.8 Å². The van der Waals surface area contributed by atoms with Crippen LogP contribution in [0.2, 0.25) is 0 Å². The summed E-state index contributed by atoms with van der Waals surface area (Å²) in [6.45, 7) is 7.94. The van der Waals surface area contributed by atoms with Crippen LogP contribution in [0.1, 0.15) is 40.0 Å². The van der Waals surface area contributed by atoms with Crippen molar-refractivity contribution in [1.82, 2.24) is 4.90 Å². The number of anilines is 1. The van der Waals surface area contributed by atoms with Gasteiger partial charge in [-0.25, -0.2) is 0 Å². The summed E-state index contributed by atoms with van der Waals surface area (Å²) in [5.41, 5.74) is 7.23. The number of rotatable bonds is 3. The SMILES string of the molecule is CC12CCN(C(=O)CSc3cccc(N)c3)C(C1)C(C)(C)C2. The highest BCUT2D eigenvalue weighted by atomic mass is 32.2. The van der Waals surface area contributed by atoms with Gasteiger partial charge in [0.2, 0.25) is 5.91 Å². The molecule has 0 radical (unpaired) electrons. The second kappa shape index (κ2) is 5.48. The van der Waals surface area contributed by atoms with Crippen molar-refractivity contribution in [2.24, 2.45) is 10.8 Å². The molecule has 1 aliphatic heterocycles. The summed E-state index contributed by atoms with van der Waals surface area (Å²) >= 11 is 1.59. The fraction of sp³-hybridized carbons (Fsp3) is 0.611. The number of fused-ring (bicyclic) bond motifs is 2. The largest absolute Gasteiger partial charge is 0.399 e. The second-order valence-electron chi connectivity index (χ2n) is 7.89. The highest BCUT2D eigenvalue weighted by Gasteiger charge is 2.53. The van der Waals surface area contributed by atoms with Gasteiger partial charge in [0.25, 0.3) is 0 Å². The monoisotopic (exact) mass is 318 g/mol. The average molecular weight is 318 g/mol. The van der Waals surface area contributed by atoms with Crippen LogP contribution >= 0.6 is 11.8 Å². The van der Waals surface area contributed by atoms with Crippen molar-refractivity contribution in [2.45, 2.75) is 51.0 Å². The zero-order chi connectivity index (χ0) is 16.0. The molecule has 1 heterocycles. The van der Waals surface area contributed by atoms with Crippen molar-refractivity contribution < 1.29 is 4.79 Å². The van der Waals surface area contributed by atoms with Crippen molar-refractivity contribution >= 4 is 23.4 Å². The van der Waals surface area contributed by atoms with Gasteiger partial charge in [0.1, 0.15) is 0 Å². The molecule has 2 N–H and O–H groups in total. The molecule has 2 atom stereocenters. The molecule has 3 rings (SSSR count). The Balaban J connectivity index is 1.65. The second-order valence-corrected chi connectivity index (χ2v) is 8.94. The number of likely N-dealkylation sites (tertiary alicyclic amines) is 1. The molecule has 2 unspecified atom stereocenters. The number of carbonyl (C=O) groups is 1. The quantitative estimate of drug-likeness (QED) is 0.681. The number of nitrogens with two attached hydrogens (primary N) is 1. The Kier molecular flexibility index (Phi) is 3.92. The molecule has 2 bridgehead atoms. The lowest BCUT2D eigenvalue weighted by Crippen LogP contribution is -2.49. The summed E-state index contributed by atoms with van der Waals surface area (Å²) in [5, 5.41) is 0. The molecule has 2 aliphatic rings. The first-order valence-corrected chi connectivity index (χ1v) is 9.06. The highest BCUT2D eigenvalue weighted by Crippen LogP contribution is 2.55. The van der Waals surface area contributed by atoms with Crippen LogP contribution < -0.4 is 5.73 Å². The molecule has 0 aromatic heterocycles. The molecule has 22 heavy (non-hydrogen) atoms. The van der Waals surface area contributed by atoms with E-state index in [2.05, 4.69) is 25.7 Å². The smallest absolute Gasteiger partial charge is 0.233 e. The highest BCUT2D eigenvalue weighted by molar-refractivity contribution is 8.00. The molecule has 1 amide bonds. The third kappa shape index (κ3) is 2.98. The van der Waals surface area contributed by atoms with E-state index in [1.807, 2.05) is 24.3 Å². The molecule has 1 aromatic rings. The number of hydrogen-bond donors (Lipinski definition) is 1. The lowest BCUT2D eigenvalue weighted by Gasteiger charge is -2.40. The number of thioether (sulfide) groups is 1. The Morgan fingerprint density at radius 3 is 2.91 bits per heavy atom. The molecular weight excluding hydrogens is 292 g/mol. The Morgan fingerprint density at radius 2 is 2.18 bits per heavy atom. The van der Waals surface area contributed by atoms with Crippen molar-refractivity contribution in [3.05, 3.63) is 24.3 Å². The minimum Gasteiger partial charge on any atom is -0.399 e. The summed E-state index contributed by atoms with van der Waals surface area (Å²) in [5.74, 6) is 0.779. The van der Waals surface area contributed by atoms with Crippen LogP contribution in [-0.2, 0) is 4.79 Å². The number of nitrogens with zero attached hydrogens (tertiary/aromatic N) is 1. The molecule has 1 aromatic carbocycles. The molecule has 1 saturated heterocycles. The maximum absolute atomic E-state index is 12.7. The van der Waals surface area contributed by atoms with Crippen LogP contribution in [0.3, 0.4) is 0 Å². The van der Waals surface area contributed by atoms with Crippen molar-refractivity contribution in [1.29, 1.82) is 0 Å². The summed E-state index contributed by atoms with van der Waals surface area (Å²) in [6, 6.07) is 8.17. The van der Waals surface area contributed by atoms with Gasteiger partial charge in [-0.3, -0.25) is 4.79 Å². The predicted molar refractivity (Wildman–Crippen MR) is 92.8 cm³/mol. The zero-order valence-corrected chi connectivity index (χ0v) is 14.6. The van der Waals surface area contributed by atoms with Gasteiger partial charge in [-0.05, 0) is 48.3 Å². The lowest BCUT2D eigenvalue weighted by molar-refractivity contribution is -0.133. The van der Waals surface area contributed by atoms with Crippen molar-refractivity contribution in [3.63, 3.8) is 0 Å². The maximum Gasteiger partial charge on any atom is 0.233 e. The van der Waals surface area contributed by atoms with Gasteiger partial charge in [-0.15, -0.1) is 11.8 Å². The number of piperidine rings is 1. The van der Waals surface area contributed by atoms with Gasteiger partial charge in [-0.1, -0.05) is 26.8 Å². The third-order valence-electron chi connectivity index (χ3n) is 5.34. The molecule has 4 heteroatoms. The molecule has 3 nitrogen and oxygen atoms in total. The van der Waals surface area contributed by atoms with Gasteiger partial charge >= 0.3 is 0 Å². The van der Waals surface area contributed by atoms with Gasteiger partial charge in [0.05, 0.1) is 5.75 Å². The number of carbonyl (C=O) groups excluding carboxylic acids is 1. The van der Waals surface area contributed by atoms with Crippen LogP contribution in [0.4, 0.5) is 5.69 Å². The Morgan fingerprint density at radius 1 is 1.41 bits per heavy atom. The van der Waals surface area contributed by atoms with Crippen molar-refractivity contribution in [3.8, 4) is 0 Å². The standard InChI is InChI=1S/C18H26N2OS/c1-17(2)12-18(3)7-8-20(15(17)10-18)16(21)11-22-14-6-4-5-13(19)9-14/h4-6,9,15H,7-8,10-12,19H2,1-3H3. The normalized spacial score (nSPS) is 29.6. The van der Waals surface area contributed by atoms with Crippen molar-refractivity contribution in [2.75, 3.05) is 18.0 Å². The van der Waals surface area contributed by atoms with Crippen LogP contribution in [-0.4, -0.2) is 29.1 Å². The first kappa shape index (κ1) is 15.7. The average Bonchev–Trinajstić information content (AvgIpc) is 2.62. The maximum atomic E-state index is 12.7. The summed E-state index contributed by atoms with van der Waals surface area (Å²) < 4.78 is 0. The first-order chi connectivity index (χ1) is 10.3. The third-order valence-corrected chi connectivity index (χ3v) is 6.32. The van der Waals surface area contributed by atoms with Gasteiger partial charge in [0, 0.05) is 23.2 Å². The van der Waals surface area contributed by atoms with E-state index < -0.39 is 0 Å². The Bertz CT molecular complexity index is 586. The van der Waals surface area contributed by atoms with E-state index in [-0.39, 0.29) is 11.3 Å². The van der Waals surface area contributed by atoms with E-state index >= 15 is 0 Å².